The van der Waals surface area contributed by atoms with Gasteiger partial charge in [-0.25, -0.2) is 0 Å². The highest BCUT2D eigenvalue weighted by Crippen LogP contribution is 2.25. The van der Waals surface area contributed by atoms with Crippen LogP contribution in [0.4, 0.5) is 5.69 Å². The quantitative estimate of drug-likeness (QED) is 0.436. The molecular weight excluding hydrogens is 260 g/mol. The van der Waals surface area contributed by atoms with Crippen LogP contribution in [0.5, 0.6) is 5.75 Å². The third-order valence-electron chi connectivity index (χ3n) is 2.83. The van der Waals surface area contributed by atoms with Gasteiger partial charge in [-0.05, 0) is 45.1 Å². The van der Waals surface area contributed by atoms with E-state index in [-0.39, 0.29) is 10.9 Å². The second kappa shape index (κ2) is 6.94. The zero-order chi connectivity index (χ0) is 14.4. The van der Waals surface area contributed by atoms with E-state index < -0.39 is 0 Å². The number of benzene rings is 1. The largest absolute Gasteiger partial charge is 0.507 e. The first kappa shape index (κ1) is 15.2. The molecule has 6 heteroatoms. The van der Waals surface area contributed by atoms with Crippen molar-refractivity contribution in [1.82, 2.24) is 5.43 Å². The van der Waals surface area contributed by atoms with Crippen LogP contribution in [0.2, 0.25) is 0 Å². The lowest BCUT2D eigenvalue weighted by Gasteiger charge is -2.21. The Hall–Kier alpha value is -1.82. The van der Waals surface area contributed by atoms with Crippen molar-refractivity contribution >= 4 is 28.7 Å². The van der Waals surface area contributed by atoms with Crippen molar-refractivity contribution in [2.24, 2.45) is 10.8 Å². The lowest BCUT2D eigenvalue weighted by molar-refractivity contribution is 0.474. The van der Waals surface area contributed by atoms with Gasteiger partial charge in [0.25, 0.3) is 0 Å². The summed E-state index contributed by atoms with van der Waals surface area (Å²) in [6.07, 6.45) is 0. The average molecular weight is 280 g/mol. The molecule has 0 fully saturated rings. The highest BCUT2D eigenvalue weighted by molar-refractivity contribution is 7.80. The van der Waals surface area contributed by atoms with Crippen molar-refractivity contribution in [3.63, 3.8) is 0 Å². The van der Waals surface area contributed by atoms with Crippen molar-refractivity contribution in [2.45, 2.75) is 20.8 Å². The van der Waals surface area contributed by atoms with Crippen molar-refractivity contribution < 1.29 is 5.11 Å². The Kier molecular flexibility index (Phi) is 5.57. The van der Waals surface area contributed by atoms with Crippen LogP contribution >= 0.6 is 12.2 Å². The van der Waals surface area contributed by atoms with Crippen LogP contribution in [0.1, 0.15) is 26.3 Å². The van der Waals surface area contributed by atoms with Crippen LogP contribution in [0.3, 0.4) is 0 Å². The molecule has 0 aliphatic rings. The number of nitrogens with zero attached hydrogens (tertiary/aromatic N) is 2. The maximum Gasteiger partial charge on any atom is 0.184 e. The van der Waals surface area contributed by atoms with Crippen molar-refractivity contribution in [1.29, 1.82) is 0 Å². The number of hydrogen-bond donors (Lipinski definition) is 3. The first-order valence-corrected chi connectivity index (χ1v) is 6.58. The van der Waals surface area contributed by atoms with Gasteiger partial charge in [-0.1, -0.05) is 0 Å². The van der Waals surface area contributed by atoms with Crippen LogP contribution in [0.25, 0.3) is 0 Å². The second-order valence-corrected chi connectivity index (χ2v) is 4.49. The van der Waals surface area contributed by atoms with E-state index in [1.165, 1.54) is 0 Å². The van der Waals surface area contributed by atoms with Gasteiger partial charge in [0, 0.05) is 30.4 Å². The number of thiocarbonyl (C=S) groups is 1. The van der Waals surface area contributed by atoms with Gasteiger partial charge >= 0.3 is 0 Å². The van der Waals surface area contributed by atoms with Gasteiger partial charge in [0.15, 0.2) is 5.11 Å². The normalized spacial score (nSPS) is 11.2. The average Bonchev–Trinajstić information content (AvgIpc) is 2.37. The fraction of sp³-hybridized carbons (Fsp3) is 0.385. The Balaban J connectivity index is 3.00. The predicted molar refractivity (Wildman–Crippen MR) is 83.8 cm³/mol. The van der Waals surface area contributed by atoms with E-state index >= 15 is 0 Å². The van der Waals surface area contributed by atoms with Crippen molar-refractivity contribution in [3.8, 4) is 5.75 Å². The Morgan fingerprint density at radius 1 is 1.42 bits per heavy atom. The minimum atomic E-state index is 0.0959. The molecule has 0 aliphatic carbocycles. The molecule has 4 N–H and O–H groups in total. The summed E-state index contributed by atoms with van der Waals surface area (Å²) in [7, 11) is 0. The number of phenols is 1. The maximum atomic E-state index is 10.1. The van der Waals surface area contributed by atoms with Crippen molar-refractivity contribution in [3.05, 3.63) is 23.8 Å². The van der Waals surface area contributed by atoms with Crippen LogP contribution < -0.4 is 16.1 Å². The van der Waals surface area contributed by atoms with Gasteiger partial charge in [-0.2, -0.15) is 5.10 Å². The number of rotatable bonds is 5. The fourth-order valence-electron chi connectivity index (χ4n) is 1.81. The molecule has 0 aliphatic heterocycles. The third kappa shape index (κ3) is 4.10. The molecule has 1 aromatic carbocycles. The summed E-state index contributed by atoms with van der Waals surface area (Å²) in [5.74, 6) is 0.190. The molecule has 0 saturated heterocycles. The number of hydrazone groups is 1. The molecule has 0 saturated carbocycles. The van der Waals surface area contributed by atoms with E-state index in [1.807, 2.05) is 12.1 Å². The number of anilines is 1. The lowest BCUT2D eigenvalue weighted by Crippen LogP contribution is -2.25. The summed E-state index contributed by atoms with van der Waals surface area (Å²) in [6.45, 7) is 7.72. The first-order chi connectivity index (χ1) is 8.99. The molecule has 5 nitrogen and oxygen atoms in total. The zero-order valence-corrected chi connectivity index (χ0v) is 12.3. The SMILES string of the molecule is CCN(CC)c1ccc(/C(C)=N\NC(N)=S)c(O)c1. The lowest BCUT2D eigenvalue weighted by atomic mass is 10.1. The molecule has 0 atom stereocenters. The van der Waals surface area contributed by atoms with Gasteiger partial charge in [-0.15, -0.1) is 0 Å². The predicted octanol–water partition coefficient (Wildman–Crippen LogP) is 1.80. The smallest absolute Gasteiger partial charge is 0.184 e. The minimum absolute atomic E-state index is 0.0959. The molecule has 0 bridgehead atoms. The first-order valence-electron chi connectivity index (χ1n) is 6.17. The molecule has 1 aromatic rings. The Morgan fingerprint density at radius 3 is 2.53 bits per heavy atom. The number of nitrogens with two attached hydrogens (primary N) is 1. The monoisotopic (exact) mass is 280 g/mol. The van der Waals surface area contributed by atoms with Gasteiger partial charge < -0.3 is 15.7 Å². The van der Waals surface area contributed by atoms with E-state index in [0.29, 0.717) is 11.3 Å². The van der Waals surface area contributed by atoms with Gasteiger partial charge in [0.05, 0.1) is 5.71 Å². The summed E-state index contributed by atoms with van der Waals surface area (Å²) in [6, 6.07) is 5.53. The molecule has 0 aromatic heterocycles. The fourth-order valence-corrected chi connectivity index (χ4v) is 1.86. The molecule has 104 valence electrons. The van der Waals surface area contributed by atoms with Gasteiger partial charge in [0.2, 0.25) is 0 Å². The highest BCUT2D eigenvalue weighted by Gasteiger charge is 2.09. The Labute approximate surface area is 119 Å². The molecule has 1 rings (SSSR count). The summed E-state index contributed by atoms with van der Waals surface area (Å²) >= 11 is 4.67. The summed E-state index contributed by atoms with van der Waals surface area (Å²) < 4.78 is 0. The standard InChI is InChI=1S/C13H20N4OS/c1-4-17(5-2)10-6-7-11(12(18)8-10)9(3)15-16-13(14)19/h6-8,18H,4-5H2,1-3H3,(H3,14,16,19)/b15-9-. The third-order valence-corrected chi connectivity index (χ3v) is 2.92. The molecule has 19 heavy (non-hydrogen) atoms. The number of phenolic OH excluding ortho intramolecular Hbond substituents is 1. The molecule has 0 unspecified atom stereocenters. The summed E-state index contributed by atoms with van der Waals surface area (Å²) in [5.41, 5.74) is 10.1. The van der Waals surface area contributed by atoms with E-state index in [4.69, 9.17) is 5.73 Å². The van der Waals surface area contributed by atoms with Gasteiger partial charge in [0.1, 0.15) is 5.75 Å². The zero-order valence-electron chi connectivity index (χ0n) is 11.5. The van der Waals surface area contributed by atoms with Gasteiger partial charge in [-0.3, -0.25) is 5.43 Å². The Morgan fingerprint density at radius 2 is 2.05 bits per heavy atom. The topological polar surface area (TPSA) is 73.9 Å². The van der Waals surface area contributed by atoms with Crippen LogP contribution in [0.15, 0.2) is 23.3 Å². The number of aromatic hydroxyl groups is 1. The van der Waals surface area contributed by atoms with Crippen LogP contribution in [-0.4, -0.2) is 29.0 Å². The van der Waals surface area contributed by atoms with Crippen LogP contribution in [0, 0.1) is 0 Å². The van der Waals surface area contributed by atoms with E-state index in [1.54, 1.807) is 13.0 Å². The van der Waals surface area contributed by atoms with E-state index in [0.717, 1.165) is 18.8 Å². The Bertz CT molecular complexity index is 484. The number of hydrogen-bond acceptors (Lipinski definition) is 4. The molecule has 0 heterocycles. The summed E-state index contributed by atoms with van der Waals surface area (Å²) in [4.78, 5) is 2.16. The maximum absolute atomic E-state index is 10.1. The molecule has 0 radical (unpaired) electrons. The number of nitrogens with one attached hydrogen (secondary N) is 1. The highest BCUT2D eigenvalue weighted by atomic mass is 32.1. The van der Waals surface area contributed by atoms with E-state index in [9.17, 15) is 5.11 Å². The molecule has 0 amide bonds. The molecular formula is C13H20N4OS. The van der Waals surface area contributed by atoms with E-state index in [2.05, 4.69) is 41.5 Å². The summed E-state index contributed by atoms with van der Waals surface area (Å²) in [5, 5.41) is 14.2. The minimum Gasteiger partial charge on any atom is -0.507 e. The molecule has 0 spiro atoms. The second-order valence-electron chi connectivity index (χ2n) is 4.05. The van der Waals surface area contributed by atoms with Crippen molar-refractivity contribution in [2.75, 3.05) is 18.0 Å². The van der Waals surface area contributed by atoms with Crippen LogP contribution in [-0.2, 0) is 0 Å².